The second-order valence-electron chi connectivity index (χ2n) is 1.51. The third-order valence-electron chi connectivity index (χ3n) is 0.949. The van der Waals surface area contributed by atoms with Crippen molar-refractivity contribution < 1.29 is 0 Å². The molecule has 0 bridgehead atoms. The van der Waals surface area contributed by atoms with Gasteiger partial charge in [0.1, 0.15) is 5.04 Å². The largest absolute Gasteiger partial charge is 0.293 e. The molecule has 4 heteroatoms. The van der Waals surface area contributed by atoms with Gasteiger partial charge in [-0.05, 0) is 17.7 Å². The number of hydrogen-bond acceptors (Lipinski definition) is 3. The zero-order chi connectivity index (χ0) is 6.69. The Labute approximate surface area is 74.8 Å². The molecule has 0 unspecified atom stereocenters. The van der Waals surface area contributed by atoms with Gasteiger partial charge in [0.15, 0.2) is 0 Å². The lowest BCUT2D eigenvalue weighted by Crippen LogP contribution is -1.84. The van der Waals surface area contributed by atoms with E-state index in [2.05, 4.69) is 0 Å². The van der Waals surface area contributed by atoms with E-state index < -0.39 is 0 Å². The summed E-state index contributed by atoms with van der Waals surface area (Å²) in [6.07, 6.45) is 1.92. The van der Waals surface area contributed by atoms with Gasteiger partial charge < -0.3 is 0 Å². The molecule has 1 heterocycles. The molecule has 0 atom stereocenters. The van der Waals surface area contributed by atoms with Crippen molar-refractivity contribution in [3.8, 4) is 0 Å². The fourth-order valence-electron chi connectivity index (χ4n) is 0.508. The van der Waals surface area contributed by atoms with Gasteiger partial charge in [-0.25, -0.2) is 0 Å². The molecule has 0 radical (unpaired) electrons. The van der Waals surface area contributed by atoms with Crippen LogP contribution in [0.2, 0.25) is 0 Å². The Hall–Kier alpha value is 0.01000. The summed E-state index contributed by atoms with van der Waals surface area (Å²) < 4.78 is 0. The molecule has 0 aliphatic rings. The molecule has 0 amide bonds. The number of rotatable bonds is 1. The third-order valence-corrected chi connectivity index (χ3v) is 2.59. The first kappa shape index (κ1) is 10.0. The van der Waals surface area contributed by atoms with Crippen LogP contribution in [0.3, 0.4) is 0 Å². The predicted octanol–water partition coefficient (Wildman–Crippen LogP) is 2.86. The lowest BCUT2D eigenvalue weighted by Gasteiger charge is -1.90. The van der Waals surface area contributed by atoms with Crippen molar-refractivity contribution in [2.24, 2.45) is 0 Å². The minimum absolute atomic E-state index is 0. The highest BCUT2D eigenvalue weighted by Crippen LogP contribution is 2.14. The van der Waals surface area contributed by atoms with Gasteiger partial charge in [0.2, 0.25) is 0 Å². The Morgan fingerprint density at radius 2 is 2.40 bits per heavy atom. The maximum Gasteiger partial charge on any atom is 0.104 e. The lowest BCUT2D eigenvalue weighted by atomic mass is 10.5. The van der Waals surface area contributed by atoms with Gasteiger partial charge in [-0.15, -0.1) is 35.5 Å². The second kappa shape index (κ2) is 4.77. The van der Waals surface area contributed by atoms with Crippen LogP contribution in [0.15, 0.2) is 17.5 Å². The zero-order valence-corrected chi connectivity index (χ0v) is 7.91. The Morgan fingerprint density at radius 1 is 1.70 bits per heavy atom. The summed E-state index contributed by atoms with van der Waals surface area (Å²) >= 11 is 3.09. The van der Waals surface area contributed by atoms with Crippen LogP contribution in [-0.2, 0) is 0 Å². The molecule has 0 aliphatic carbocycles. The molecule has 1 nitrogen and oxygen atoms in total. The lowest BCUT2D eigenvalue weighted by molar-refractivity contribution is 1.56. The highest BCUT2D eigenvalue weighted by molar-refractivity contribution is 8.14. The fraction of sp³-hybridized carbons (Fsp3) is 0.167. The molecule has 1 N–H and O–H groups in total. The van der Waals surface area contributed by atoms with Crippen LogP contribution in [0.25, 0.3) is 0 Å². The quantitative estimate of drug-likeness (QED) is 0.538. The molecule has 0 saturated carbocycles. The third kappa shape index (κ3) is 2.33. The standard InChI is InChI=1S/C6H7NS2.ClH/c1-8-6(7)5-3-2-4-9-5;/h2-4,7H,1H3;1H. The van der Waals surface area contributed by atoms with Gasteiger partial charge in [-0.3, -0.25) is 5.41 Å². The first-order chi connectivity index (χ1) is 4.34. The van der Waals surface area contributed by atoms with Crippen molar-refractivity contribution in [2.75, 3.05) is 6.26 Å². The van der Waals surface area contributed by atoms with Gasteiger partial charge in [0.05, 0.1) is 4.88 Å². The molecule has 1 rings (SSSR count). The van der Waals surface area contributed by atoms with E-state index in [1.54, 1.807) is 11.3 Å². The summed E-state index contributed by atoms with van der Waals surface area (Å²) in [5.74, 6) is 0. The number of thiophene rings is 1. The second-order valence-corrected chi connectivity index (χ2v) is 3.27. The van der Waals surface area contributed by atoms with E-state index in [4.69, 9.17) is 5.41 Å². The average molecular weight is 194 g/mol. The molecular formula is C6H8ClNS2. The SMILES string of the molecule is CSC(=N)c1cccs1.Cl. The van der Waals surface area contributed by atoms with E-state index in [1.807, 2.05) is 23.8 Å². The molecule has 0 fully saturated rings. The van der Waals surface area contributed by atoms with Crippen LogP contribution in [0.5, 0.6) is 0 Å². The van der Waals surface area contributed by atoms with Gasteiger partial charge in [-0.1, -0.05) is 6.07 Å². The smallest absolute Gasteiger partial charge is 0.104 e. The number of nitrogens with one attached hydrogen (secondary N) is 1. The Morgan fingerprint density at radius 3 is 2.80 bits per heavy atom. The number of halogens is 1. The van der Waals surface area contributed by atoms with Crippen molar-refractivity contribution in [3.63, 3.8) is 0 Å². The predicted molar refractivity (Wildman–Crippen MR) is 51.9 cm³/mol. The molecule has 0 spiro atoms. The van der Waals surface area contributed by atoms with Gasteiger partial charge in [0, 0.05) is 0 Å². The zero-order valence-electron chi connectivity index (χ0n) is 5.46. The van der Waals surface area contributed by atoms with Crippen molar-refractivity contribution in [2.45, 2.75) is 0 Å². The molecule has 56 valence electrons. The van der Waals surface area contributed by atoms with E-state index in [9.17, 15) is 0 Å². The number of thioether (sulfide) groups is 1. The maximum absolute atomic E-state index is 7.37. The minimum Gasteiger partial charge on any atom is -0.293 e. The van der Waals surface area contributed by atoms with Crippen molar-refractivity contribution in [3.05, 3.63) is 22.4 Å². The molecule has 1 aromatic rings. The van der Waals surface area contributed by atoms with Crippen LogP contribution in [0.1, 0.15) is 4.88 Å². The molecule has 0 aromatic carbocycles. The summed E-state index contributed by atoms with van der Waals surface area (Å²) in [6.45, 7) is 0. The van der Waals surface area contributed by atoms with E-state index in [0.29, 0.717) is 5.04 Å². The van der Waals surface area contributed by atoms with Crippen LogP contribution < -0.4 is 0 Å². The van der Waals surface area contributed by atoms with Crippen LogP contribution >= 0.6 is 35.5 Å². The molecule has 0 saturated heterocycles. The highest BCUT2D eigenvalue weighted by atomic mass is 35.5. The Bertz CT molecular complexity index is 196. The van der Waals surface area contributed by atoms with Crippen molar-refractivity contribution in [1.82, 2.24) is 0 Å². The summed E-state index contributed by atoms with van der Waals surface area (Å²) in [6, 6.07) is 3.92. The van der Waals surface area contributed by atoms with Gasteiger partial charge in [-0.2, -0.15) is 0 Å². The Balaban J connectivity index is 0.000000810. The van der Waals surface area contributed by atoms with Crippen molar-refractivity contribution in [1.29, 1.82) is 5.41 Å². The summed E-state index contributed by atoms with van der Waals surface area (Å²) in [4.78, 5) is 1.06. The van der Waals surface area contributed by atoms with E-state index in [-0.39, 0.29) is 12.4 Å². The first-order valence-electron chi connectivity index (χ1n) is 2.51. The van der Waals surface area contributed by atoms with E-state index >= 15 is 0 Å². The van der Waals surface area contributed by atoms with Crippen LogP contribution in [0, 0.1) is 5.41 Å². The van der Waals surface area contributed by atoms with E-state index in [1.165, 1.54) is 11.8 Å². The highest BCUT2D eigenvalue weighted by Gasteiger charge is 1.97. The average Bonchev–Trinajstić information content (AvgIpc) is 2.37. The molecule has 0 aliphatic heterocycles. The maximum atomic E-state index is 7.37. The monoisotopic (exact) mass is 193 g/mol. The van der Waals surface area contributed by atoms with E-state index in [0.717, 1.165) is 4.88 Å². The van der Waals surface area contributed by atoms with Gasteiger partial charge in [0.25, 0.3) is 0 Å². The Kier molecular flexibility index (Phi) is 4.77. The summed E-state index contributed by atoms with van der Waals surface area (Å²) in [7, 11) is 0. The van der Waals surface area contributed by atoms with Gasteiger partial charge >= 0.3 is 0 Å². The topological polar surface area (TPSA) is 23.9 Å². The number of hydrogen-bond donors (Lipinski definition) is 1. The fourth-order valence-corrected chi connectivity index (χ4v) is 1.74. The summed E-state index contributed by atoms with van der Waals surface area (Å²) in [5.41, 5.74) is 0. The minimum atomic E-state index is 0. The van der Waals surface area contributed by atoms with Crippen LogP contribution in [-0.4, -0.2) is 11.3 Å². The van der Waals surface area contributed by atoms with Crippen molar-refractivity contribution >= 4 is 40.5 Å². The van der Waals surface area contributed by atoms with Crippen LogP contribution in [0.4, 0.5) is 0 Å². The molecular weight excluding hydrogens is 186 g/mol. The summed E-state index contributed by atoms with van der Waals surface area (Å²) in [5, 5.41) is 10.0. The molecule has 1 aromatic heterocycles. The first-order valence-corrected chi connectivity index (χ1v) is 4.61. The normalized spacial score (nSPS) is 8.50. The molecule has 10 heavy (non-hydrogen) atoms.